The van der Waals surface area contributed by atoms with Crippen LogP contribution in [0.5, 0.6) is 0 Å². The molecule has 0 aromatic heterocycles. The number of anilines is 1. The fourth-order valence-electron chi connectivity index (χ4n) is 3.20. The van der Waals surface area contributed by atoms with Crippen LogP contribution >= 0.6 is 0 Å². The minimum atomic E-state index is -0.0348. The number of hydrogen-bond donors (Lipinski definition) is 1. The highest BCUT2D eigenvalue weighted by Gasteiger charge is 2.13. The van der Waals surface area contributed by atoms with Crippen molar-refractivity contribution in [1.29, 1.82) is 0 Å². The zero-order valence-corrected chi connectivity index (χ0v) is 12.7. The number of amides is 1. The smallest absolute Gasteiger partial charge is 0.221 e. The van der Waals surface area contributed by atoms with Crippen molar-refractivity contribution in [1.82, 2.24) is 0 Å². The van der Waals surface area contributed by atoms with E-state index < -0.39 is 0 Å². The molecule has 0 fully saturated rings. The van der Waals surface area contributed by atoms with Crippen LogP contribution in [0.3, 0.4) is 0 Å². The molecule has 1 aliphatic carbocycles. The SMILES string of the molecule is CC(=O)Nc1ccc(-c2cc(C)c3c(c2)CCCC3)cc1. The van der Waals surface area contributed by atoms with Crippen LogP contribution in [0.4, 0.5) is 5.69 Å². The van der Waals surface area contributed by atoms with E-state index in [1.165, 1.54) is 54.9 Å². The van der Waals surface area contributed by atoms with Gasteiger partial charge in [-0.25, -0.2) is 0 Å². The van der Waals surface area contributed by atoms with E-state index in [0.717, 1.165) is 5.69 Å². The molecule has 2 aromatic carbocycles. The second-order valence-corrected chi connectivity index (χ2v) is 5.90. The molecule has 108 valence electrons. The monoisotopic (exact) mass is 279 g/mol. The van der Waals surface area contributed by atoms with Gasteiger partial charge >= 0.3 is 0 Å². The molecule has 2 heteroatoms. The average molecular weight is 279 g/mol. The lowest BCUT2D eigenvalue weighted by Gasteiger charge is -2.19. The first-order chi connectivity index (χ1) is 10.1. The van der Waals surface area contributed by atoms with Crippen LogP contribution in [-0.2, 0) is 17.6 Å². The summed E-state index contributed by atoms with van der Waals surface area (Å²) in [5.41, 5.74) is 7.82. The van der Waals surface area contributed by atoms with E-state index in [4.69, 9.17) is 0 Å². The Hall–Kier alpha value is -2.09. The molecule has 3 rings (SSSR count). The summed E-state index contributed by atoms with van der Waals surface area (Å²) in [5.74, 6) is -0.0348. The molecule has 0 heterocycles. The summed E-state index contributed by atoms with van der Waals surface area (Å²) in [5, 5.41) is 2.81. The number of aryl methyl sites for hydroxylation is 2. The van der Waals surface area contributed by atoms with Gasteiger partial charge in [0.05, 0.1) is 0 Å². The van der Waals surface area contributed by atoms with Crippen molar-refractivity contribution in [2.45, 2.75) is 39.5 Å². The Morgan fingerprint density at radius 1 is 1.00 bits per heavy atom. The molecular weight excluding hydrogens is 258 g/mol. The molecule has 2 aromatic rings. The Labute approximate surface area is 126 Å². The van der Waals surface area contributed by atoms with Gasteiger partial charge in [-0.05, 0) is 72.6 Å². The number of carbonyl (C=O) groups is 1. The Balaban J connectivity index is 1.93. The van der Waals surface area contributed by atoms with Crippen molar-refractivity contribution >= 4 is 11.6 Å². The maximum absolute atomic E-state index is 11.1. The Morgan fingerprint density at radius 2 is 1.71 bits per heavy atom. The van der Waals surface area contributed by atoms with Gasteiger partial charge in [0.1, 0.15) is 0 Å². The van der Waals surface area contributed by atoms with Gasteiger partial charge in [-0.1, -0.05) is 24.3 Å². The molecule has 1 amide bonds. The molecule has 0 aliphatic heterocycles. The molecule has 0 spiro atoms. The summed E-state index contributed by atoms with van der Waals surface area (Å²) >= 11 is 0. The van der Waals surface area contributed by atoms with E-state index in [-0.39, 0.29) is 5.91 Å². The summed E-state index contributed by atoms with van der Waals surface area (Å²) < 4.78 is 0. The van der Waals surface area contributed by atoms with Crippen LogP contribution in [0.2, 0.25) is 0 Å². The first-order valence-corrected chi connectivity index (χ1v) is 7.64. The topological polar surface area (TPSA) is 29.1 Å². The standard InChI is InChI=1S/C19H21NO/c1-13-11-17(12-16-5-3-4-6-19(13)16)15-7-9-18(10-8-15)20-14(2)21/h7-12H,3-6H2,1-2H3,(H,20,21). The maximum atomic E-state index is 11.1. The van der Waals surface area contributed by atoms with E-state index in [1.807, 2.05) is 12.1 Å². The summed E-state index contributed by atoms with van der Waals surface area (Å²) in [7, 11) is 0. The quantitative estimate of drug-likeness (QED) is 0.861. The first-order valence-electron chi connectivity index (χ1n) is 7.64. The lowest BCUT2D eigenvalue weighted by Crippen LogP contribution is -2.06. The third-order valence-corrected chi connectivity index (χ3v) is 4.23. The molecule has 0 unspecified atom stereocenters. The van der Waals surface area contributed by atoms with Crippen molar-refractivity contribution in [3.63, 3.8) is 0 Å². The van der Waals surface area contributed by atoms with Crippen LogP contribution in [0.1, 0.15) is 36.5 Å². The van der Waals surface area contributed by atoms with Gasteiger partial charge < -0.3 is 5.32 Å². The summed E-state index contributed by atoms with van der Waals surface area (Å²) in [4.78, 5) is 11.1. The van der Waals surface area contributed by atoms with Crippen molar-refractivity contribution in [2.24, 2.45) is 0 Å². The average Bonchev–Trinajstić information content (AvgIpc) is 2.47. The van der Waals surface area contributed by atoms with Crippen molar-refractivity contribution in [3.8, 4) is 11.1 Å². The fourth-order valence-corrected chi connectivity index (χ4v) is 3.20. The number of benzene rings is 2. The van der Waals surface area contributed by atoms with E-state index in [2.05, 4.69) is 36.5 Å². The maximum Gasteiger partial charge on any atom is 0.221 e. The van der Waals surface area contributed by atoms with Crippen molar-refractivity contribution in [3.05, 3.63) is 53.1 Å². The highest BCUT2D eigenvalue weighted by Crippen LogP contribution is 2.30. The number of hydrogen-bond acceptors (Lipinski definition) is 1. The zero-order valence-electron chi connectivity index (χ0n) is 12.7. The number of carbonyl (C=O) groups excluding carboxylic acids is 1. The van der Waals surface area contributed by atoms with E-state index >= 15 is 0 Å². The molecule has 0 bridgehead atoms. The second kappa shape index (κ2) is 5.72. The van der Waals surface area contributed by atoms with Crippen LogP contribution in [0.15, 0.2) is 36.4 Å². The molecule has 0 saturated carbocycles. The minimum Gasteiger partial charge on any atom is -0.326 e. The minimum absolute atomic E-state index is 0.0348. The van der Waals surface area contributed by atoms with Gasteiger partial charge in [-0.2, -0.15) is 0 Å². The fraction of sp³-hybridized carbons (Fsp3) is 0.316. The predicted octanol–water partition coefficient (Wildman–Crippen LogP) is 4.50. The third-order valence-electron chi connectivity index (χ3n) is 4.23. The van der Waals surface area contributed by atoms with Gasteiger partial charge in [0, 0.05) is 12.6 Å². The molecule has 1 N–H and O–H groups in total. The first kappa shape index (κ1) is 13.9. The van der Waals surface area contributed by atoms with Gasteiger partial charge in [-0.15, -0.1) is 0 Å². The zero-order chi connectivity index (χ0) is 14.8. The van der Waals surface area contributed by atoms with Crippen LogP contribution in [0.25, 0.3) is 11.1 Å². The molecular formula is C19H21NO. The number of fused-ring (bicyclic) bond motifs is 1. The predicted molar refractivity (Wildman–Crippen MR) is 87.6 cm³/mol. The lowest BCUT2D eigenvalue weighted by molar-refractivity contribution is -0.114. The van der Waals surface area contributed by atoms with Gasteiger partial charge in [0.15, 0.2) is 0 Å². The normalized spacial score (nSPS) is 13.6. The summed E-state index contributed by atoms with van der Waals surface area (Å²) in [6.07, 6.45) is 5.05. The second-order valence-electron chi connectivity index (χ2n) is 5.90. The number of nitrogens with one attached hydrogen (secondary N) is 1. The van der Waals surface area contributed by atoms with E-state index in [9.17, 15) is 4.79 Å². The van der Waals surface area contributed by atoms with Gasteiger partial charge in [0.2, 0.25) is 5.91 Å². The van der Waals surface area contributed by atoms with Crippen LogP contribution in [-0.4, -0.2) is 5.91 Å². The van der Waals surface area contributed by atoms with Crippen LogP contribution in [0, 0.1) is 6.92 Å². The van der Waals surface area contributed by atoms with Gasteiger partial charge in [-0.3, -0.25) is 4.79 Å². The molecule has 21 heavy (non-hydrogen) atoms. The number of rotatable bonds is 2. The van der Waals surface area contributed by atoms with Crippen molar-refractivity contribution in [2.75, 3.05) is 5.32 Å². The van der Waals surface area contributed by atoms with E-state index in [1.54, 1.807) is 5.56 Å². The summed E-state index contributed by atoms with van der Waals surface area (Å²) in [6, 6.07) is 12.7. The van der Waals surface area contributed by atoms with Crippen LogP contribution < -0.4 is 5.32 Å². The van der Waals surface area contributed by atoms with Crippen molar-refractivity contribution < 1.29 is 4.79 Å². The Bertz CT molecular complexity index is 671. The molecule has 2 nitrogen and oxygen atoms in total. The highest BCUT2D eigenvalue weighted by molar-refractivity contribution is 5.89. The Morgan fingerprint density at radius 3 is 2.43 bits per heavy atom. The van der Waals surface area contributed by atoms with Gasteiger partial charge in [0.25, 0.3) is 0 Å². The Kier molecular flexibility index (Phi) is 3.78. The molecule has 0 saturated heterocycles. The largest absolute Gasteiger partial charge is 0.326 e. The highest BCUT2D eigenvalue weighted by atomic mass is 16.1. The molecule has 1 aliphatic rings. The lowest BCUT2D eigenvalue weighted by atomic mass is 9.86. The molecule has 0 atom stereocenters. The third kappa shape index (κ3) is 2.99. The van der Waals surface area contributed by atoms with E-state index in [0.29, 0.717) is 0 Å². The summed E-state index contributed by atoms with van der Waals surface area (Å²) in [6.45, 7) is 3.75. The molecule has 0 radical (unpaired) electrons.